The van der Waals surface area contributed by atoms with E-state index in [2.05, 4.69) is 17.3 Å². The van der Waals surface area contributed by atoms with Crippen LogP contribution in [0.5, 0.6) is 0 Å². The predicted octanol–water partition coefficient (Wildman–Crippen LogP) is 0.849. The molecule has 3 nitrogen and oxygen atoms in total. The van der Waals surface area contributed by atoms with Crippen LogP contribution in [-0.4, -0.2) is 50.3 Å². The zero-order valence-corrected chi connectivity index (χ0v) is 9.17. The average Bonchev–Trinajstić information content (AvgIpc) is 2.59. The quantitative estimate of drug-likeness (QED) is 0.712. The van der Waals surface area contributed by atoms with Crippen molar-refractivity contribution in [3.63, 3.8) is 0 Å². The fourth-order valence-corrected chi connectivity index (χ4v) is 2.58. The number of nitrogens with zero attached hydrogens (tertiary/aromatic N) is 1. The standard InChI is InChI=1S/C11H22N2O/c1-13(11-4-6-12-9-11)10-3-2-7-14-8-5-10/h10-12H,2-9H2,1H3. The maximum absolute atomic E-state index is 5.50. The minimum Gasteiger partial charge on any atom is -0.381 e. The summed E-state index contributed by atoms with van der Waals surface area (Å²) in [4.78, 5) is 2.58. The molecule has 0 aromatic carbocycles. The SMILES string of the molecule is CN(C1CCCOCC1)C1CCNC1. The first-order valence-corrected chi connectivity index (χ1v) is 5.88. The van der Waals surface area contributed by atoms with Crippen LogP contribution in [-0.2, 0) is 4.74 Å². The average molecular weight is 198 g/mol. The lowest BCUT2D eigenvalue weighted by Crippen LogP contribution is -2.41. The number of hydrogen-bond acceptors (Lipinski definition) is 3. The Morgan fingerprint density at radius 2 is 2.07 bits per heavy atom. The molecule has 0 aromatic rings. The summed E-state index contributed by atoms with van der Waals surface area (Å²) in [5.74, 6) is 0. The molecule has 1 N–H and O–H groups in total. The molecular formula is C11H22N2O. The van der Waals surface area contributed by atoms with Gasteiger partial charge in [-0.05, 0) is 39.3 Å². The van der Waals surface area contributed by atoms with Crippen LogP contribution < -0.4 is 5.32 Å². The molecule has 2 heterocycles. The molecule has 0 radical (unpaired) electrons. The second-order valence-corrected chi connectivity index (χ2v) is 4.51. The minimum atomic E-state index is 0.752. The van der Waals surface area contributed by atoms with Crippen LogP contribution in [0.3, 0.4) is 0 Å². The van der Waals surface area contributed by atoms with Crippen LogP contribution in [0.1, 0.15) is 25.7 Å². The third kappa shape index (κ3) is 2.47. The molecule has 0 amide bonds. The third-order valence-corrected chi connectivity index (χ3v) is 3.61. The van der Waals surface area contributed by atoms with E-state index in [4.69, 9.17) is 4.74 Å². The lowest BCUT2D eigenvalue weighted by Gasteiger charge is -2.31. The molecule has 2 aliphatic rings. The van der Waals surface area contributed by atoms with Gasteiger partial charge in [0.15, 0.2) is 0 Å². The number of likely N-dealkylation sites (N-methyl/N-ethyl adjacent to an activating group) is 1. The van der Waals surface area contributed by atoms with Gasteiger partial charge in [0.1, 0.15) is 0 Å². The lowest BCUT2D eigenvalue weighted by molar-refractivity contribution is 0.126. The highest BCUT2D eigenvalue weighted by atomic mass is 16.5. The van der Waals surface area contributed by atoms with Crippen LogP contribution in [0.4, 0.5) is 0 Å². The molecule has 2 aliphatic heterocycles. The summed E-state index contributed by atoms with van der Waals surface area (Å²) >= 11 is 0. The van der Waals surface area contributed by atoms with Gasteiger partial charge in [0, 0.05) is 31.8 Å². The molecule has 2 fully saturated rings. The van der Waals surface area contributed by atoms with E-state index >= 15 is 0 Å². The Hall–Kier alpha value is -0.120. The van der Waals surface area contributed by atoms with E-state index in [0.717, 1.165) is 25.3 Å². The molecule has 3 heteroatoms. The van der Waals surface area contributed by atoms with E-state index in [1.807, 2.05) is 0 Å². The molecule has 0 bridgehead atoms. The van der Waals surface area contributed by atoms with Crippen LogP contribution in [0.2, 0.25) is 0 Å². The zero-order valence-electron chi connectivity index (χ0n) is 9.17. The van der Waals surface area contributed by atoms with Crippen molar-refractivity contribution < 1.29 is 4.74 Å². The number of ether oxygens (including phenoxy) is 1. The second kappa shape index (κ2) is 5.10. The van der Waals surface area contributed by atoms with Crippen molar-refractivity contribution in [1.29, 1.82) is 0 Å². The smallest absolute Gasteiger partial charge is 0.0480 e. The number of rotatable bonds is 2. The van der Waals surface area contributed by atoms with Crippen molar-refractivity contribution in [3.8, 4) is 0 Å². The van der Waals surface area contributed by atoms with Gasteiger partial charge in [-0.15, -0.1) is 0 Å². The minimum absolute atomic E-state index is 0.752. The van der Waals surface area contributed by atoms with Crippen LogP contribution >= 0.6 is 0 Å². The summed E-state index contributed by atoms with van der Waals surface area (Å²) in [5.41, 5.74) is 0. The summed E-state index contributed by atoms with van der Waals surface area (Å²) in [6.45, 7) is 4.29. The van der Waals surface area contributed by atoms with Gasteiger partial charge < -0.3 is 10.1 Å². The Labute approximate surface area is 86.8 Å². The van der Waals surface area contributed by atoms with Gasteiger partial charge in [-0.2, -0.15) is 0 Å². The highest BCUT2D eigenvalue weighted by molar-refractivity contribution is 4.83. The van der Waals surface area contributed by atoms with Crippen molar-refractivity contribution in [2.24, 2.45) is 0 Å². The first-order valence-electron chi connectivity index (χ1n) is 5.88. The second-order valence-electron chi connectivity index (χ2n) is 4.51. The van der Waals surface area contributed by atoms with Gasteiger partial charge in [0.05, 0.1) is 0 Å². The van der Waals surface area contributed by atoms with Crippen molar-refractivity contribution in [2.45, 2.75) is 37.8 Å². The highest BCUT2D eigenvalue weighted by Crippen LogP contribution is 2.18. The fraction of sp³-hybridized carbons (Fsp3) is 1.00. The molecule has 2 saturated heterocycles. The third-order valence-electron chi connectivity index (χ3n) is 3.61. The van der Waals surface area contributed by atoms with E-state index < -0.39 is 0 Å². The fourth-order valence-electron chi connectivity index (χ4n) is 2.58. The van der Waals surface area contributed by atoms with Crippen molar-refractivity contribution in [1.82, 2.24) is 10.2 Å². The highest BCUT2D eigenvalue weighted by Gasteiger charge is 2.25. The van der Waals surface area contributed by atoms with Crippen molar-refractivity contribution >= 4 is 0 Å². The van der Waals surface area contributed by atoms with E-state index in [1.165, 1.54) is 38.8 Å². The molecule has 82 valence electrons. The predicted molar refractivity (Wildman–Crippen MR) is 57.5 cm³/mol. The monoisotopic (exact) mass is 198 g/mol. The maximum atomic E-state index is 5.50. The van der Waals surface area contributed by atoms with Gasteiger partial charge in [0.2, 0.25) is 0 Å². The number of hydrogen-bond donors (Lipinski definition) is 1. The summed E-state index contributed by atoms with van der Waals surface area (Å²) in [6.07, 6.45) is 5.07. The Morgan fingerprint density at radius 3 is 2.86 bits per heavy atom. The topological polar surface area (TPSA) is 24.5 Å². The molecule has 0 aromatic heterocycles. The molecule has 2 unspecified atom stereocenters. The Bertz CT molecular complexity index is 161. The van der Waals surface area contributed by atoms with Crippen molar-refractivity contribution in [3.05, 3.63) is 0 Å². The van der Waals surface area contributed by atoms with E-state index in [0.29, 0.717) is 0 Å². The molecule has 0 spiro atoms. The van der Waals surface area contributed by atoms with Gasteiger partial charge in [-0.1, -0.05) is 0 Å². The van der Waals surface area contributed by atoms with Crippen LogP contribution in [0.25, 0.3) is 0 Å². The largest absolute Gasteiger partial charge is 0.381 e. The van der Waals surface area contributed by atoms with Crippen LogP contribution in [0, 0.1) is 0 Å². The molecule has 2 rings (SSSR count). The van der Waals surface area contributed by atoms with Gasteiger partial charge in [-0.3, -0.25) is 4.90 Å². The maximum Gasteiger partial charge on any atom is 0.0480 e. The number of nitrogens with one attached hydrogen (secondary N) is 1. The summed E-state index contributed by atoms with van der Waals surface area (Å²) in [6, 6.07) is 1.51. The zero-order chi connectivity index (χ0) is 9.80. The Morgan fingerprint density at radius 1 is 1.14 bits per heavy atom. The van der Waals surface area contributed by atoms with Gasteiger partial charge >= 0.3 is 0 Å². The first kappa shape index (κ1) is 10.4. The molecule has 14 heavy (non-hydrogen) atoms. The summed E-state index contributed by atoms with van der Waals surface area (Å²) in [5, 5.41) is 3.44. The summed E-state index contributed by atoms with van der Waals surface area (Å²) < 4.78 is 5.50. The molecule has 0 saturated carbocycles. The lowest BCUT2D eigenvalue weighted by atomic mass is 10.1. The van der Waals surface area contributed by atoms with Gasteiger partial charge in [-0.25, -0.2) is 0 Å². The van der Waals surface area contributed by atoms with Crippen molar-refractivity contribution in [2.75, 3.05) is 33.4 Å². The van der Waals surface area contributed by atoms with E-state index in [-0.39, 0.29) is 0 Å². The van der Waals surface area contributed by atoms with Gasteiger partial charge in [0.25, 0.3) is 0 Å². The van der Waals surface area contributed by atoms with E-state index in [1.54, 1.807) is 0 Å². The van der Waals surface area contributed by atoms with E-state index in [9.17, 15) is 0 Å². The normalized spacial score (nSPS) is 34.7. The molecule has 0 aliphatic carbocycles. The Kier molecular flexibility index (Phi) is 3.79. The first-order chi connectivity index (χ1) is 6.88. The summed E-state index contributed by atoms with van der Waals surface area (Å²) in [7, 11) is 2.29. The molecular weight excluding hydrogens is 176 g/mol. The Balaban J connectivity index is 1.84. The van der Waals surface area contributed by atoms with Crippen LogP contribution in [0.15, 0.2) is 0 Å². The molecule has 2 atom stereocenters.